The predicted octanol–water partition coefficient (Wildman–Crippen LogP) is 2.69. The summed E-state index contributed by atoms with van der Waals surface area (Å²) in [5.41, 5.74) is 0.819. The number of hydrogen-bond acceptors (Lipinski definition) is 2. The maximum atomic E-state index is 13.0. The summed E-state index contributed by atoms with van der Waals surface area (Å²) < 4.78 is 13.0. The van der Waals surface area contributed by atoms with Gasteiger partial charge in [-0.2, -0.15) is 0 Å². The molecule has 1 aromatic rings. The van der Waals surface area contributed by atoms with Gasteiger partial charge in [0.15, 0.2) is 0 Å². The number of carbonyl (C=O) groups is 1. The van der Waals surface area contributed by atoms with Crippen LogP contribution in [0.1, 0.15) is 31.4 Å². The summed E-state index contributed by atoms with van der Waals surface area (Å²) in [6, 6.07) is 5.77. The van der Waals surface area contributed by atoms with Crippen molar-refractivity contribution in [2.75, 3.05) is 27.7 Å². The molecule has 106 valence electrons. The average molecular weight is 266 g/mol. The number of nitrogens with zero attached hydrogens (tertiary/aromatic N) is 2. The van der Waals surface area contributed by atoms with Crippen molar-refractivity contribution >= 4 is 5.91 Å². The van der Waals surface area contributed by atoms with Gasteiger partial charge in [0.25, 0.3) is 0 Å². The van der Waals surface area contributed by atoms with Crippen LogP contribution >= 0.6 is 0 Å². The van der Waals surface area contributed by atoms with Gasteiger partial charge in [0.1, 0.15) is 11.9 Å². The molecule has 0 aliphatic heterocycles. The first kappa shape index (κ1) is 15.6. The minimum Gasteiger partial charge on any atom is -0.344 e. The zero-order chi connectivity index (χ0) is 14.4. The first-order chi connectivity index (χ1) is 8.97. The highest BCUT2D eigenvalue weighted by Gasteiger charge is 2.25. The summed E-state index contributed by atoms with van der Waals surface area (Å²) >= 11 is 0. The van der Waals surface area contributed by atoms with Crippen molar-refractivity contribution in [3.63, 3.8) is 0 Å². The fourth-order valence-corrected chi connectivity index (χ4v) is 2.02. The largest absolute Gasteiger partial charge is 0.344 e. The Bertz CT molecular complexity index is 403. The second kappa shape index (κ2) is 7.24. The molecule has 1 amide bonds. The zero-order valence-corrected chi connectivity index (χ0v) is 12.2. The Kier molecular flexibility index (Phi) is 5.96. The lowest BCUT2D eigenvalue weighted by atomic mass is 10.0. The highest BCUT2D eigenvalue weighted by Crippen LogP contribution is 2.21. The fraction of sp³-hybridized carbons (Fsp3) is 0.533. The molecule has 0 radical (unpaired) electrons. The van der Waals surface area contributed by atoms with Crippen molar-refractivity contribution in [3.05, 3.63) is 35.6 Å². The summed E-state index contributed by atoms with van der Waals surface area (Å²) in [5, 5.41) is 0. The molecule has 0 aromatic heterocycles. The van der Waals surface area contributed by atoms with Crippen LogP contribution in [0.2, 0.25) is 0 Å². The van der Waals surface area contributed by atoms with E-state index in [0.29, 0.717) is 0 Å². The van der Waals surface area contributed by atoms with E-state index >= 15 is 0 Å². The Morgan fingerprint density at radius 3 is 2.26 bits per heavy atom. The SMILES string of the molecule is CCCCN(C)C(=O)C(c1ccc(F)cc1)N(C)C. The van der Waals surface area contributed by atoms with Gasteiger partial charge in [0.2, 0.25) is 5.91 Å². The Morgan fingerprint density at radius 2 is 1.79 bits per heavy atom. The standard InChI is InChI=1S/C15H23FN2O/c1-5-6-11-18(4)15(19)14(17(2)3)12-7-9-13(16)10-8-12/h7-10,14H,5-6,11H2,1-4H3. The molecule has 19 heavy (non-hydrogen) atoms. The third-order valence-corrected chi connectivity index (χ3v) is 3.16. The van der Waals surface area contributed by atoms with E-state index < -0.39 is 0 Å². The lowest BCUT2D eigenvalue weighted by Gasteiger charge is -2.28. The molecule has 4 heteroatoms. The van der Waals surface area contributed by atoms with Gasteiger partial charge in [-0.3, -0.25) is 9.69 Å². The number of hydrogen-bond donors (Lipinski definition) is 0. The molecule has 3 nitrogen and oxygen atoms in total. The molecule has 0 saturated carbocycles. The van der Waals surface area contributed by atoms with E-state index in [4.69, 9.17) is 0 Å². The van der Waals surface area contributed by atoms with Crippen molar-refractivity contribution in [1.82, 2.24) is 9.80 Å². The van der Waals surface area contributed by atoms with Crippen molar-refractivity contribution in [1.29, 1.82) is 0 Å². The minimum absolute atomic E-state index is 0.0464. The van der Waals surface area contributed by atoms with Gasteiger partial charge < -0.3 is 4.90 Å². The monoisotopic (exact) mass is 266 g/mol. The lowest BCUT2D eigenvalue weighted by molar-refractivity contribution is -0.135. The molecule has 0 bridgehead atoms. The number of likely N-dealkylation sites (N-methyl/N-ethyl adjacent to an activating group) is 2. The van der Waals surface area contributed by atoms with E-state index in [0.717, 1.165) is 24.9 Å². The Hall–Kier alpha value is -1.42. The Balaban J connectivity index is 2.88. The number of unbranched alkanes of at least 4 members (excludes halogenated alkanes) is 1. The summed E-state index contributed by atoms with van der Waals surface area (Å²) in [5.74, 6) is -0.238. The molecule has 0 N–H and O–H groups in total. The number of rotatable bonds is 6. The topological polar surface area (TPSA) is 23.6 Å². The molecule has 1 atom stereocenters. The molecular weight excluding hydrogens is 243 g/mol. The van der Waals surface area contributed by atoms with Crippen LogP contribution in [0.3, 0.4) is 0 Å². The Morgan fingerprint density at radius 1 is 1.21 bits per heavy atom. The van der Waals surface area contributed by atoms with Crippen molar-refractivity contribution in [2.45, 2.75) is 25.8 Å². The molecule has 0 fully saturated rings. The zero-order valence-electron chi connectivity index (χ0n) is 12.2. The van der Waals surface area contributed by atoms with Gasteiger partial charge in [0.05, 0.1) is 0 Å². The maximum Gasteiger partial charge on any atom is 0.244 e. The third-order valence-electron chi connectivity index (χ3n) is 3.16. The van der Waals surface area contributed by atoms with Crippen LogP contribution in [0.5, 0.6) is 0 Å². The number of amides is 1. The highest BCUT2D eigenvalue weighted by atomic mass is 19.1. The van der Waals surface area contributed by atoms with Gasteiger partial charge in [-0.15, -0.1) is 0 Å². The minimum atomic E-state index is -0.359. The highest BCUT2D eigenvalue weighted by molar-refractivity contribution is 5.83. The van der Waals surface area contributed by atoms with Crippen LogP contribution in [0, 0.1) is 5.82 Å². The van der Waals surface area contributed by atoms with Crippen LogP contribution in [0.25, 0.3) is 0 Å². The molecule has 0 aliphatic carbocycles. The van der Waals surface area contributed by atoms with E-state index in [-0.39, 0.29) is 17.8 Å². The van der Waals surface area contributed by atoms with Gasteiger partial charge in [-0.1, -0.05) is 25.5 Å². The second-order valence-corrected chi connectivity index (χ2v) is 5.03. The average Bonchev–Trinajstić information content (AvgIpc) is 2.38. The second-order valence-electron chi connectivity index (χ2n) is 5.03. The summed E-state index contributed by atoms with van der Waals surface area (Å²) in [4.78, 5) is 16.1. The van der Waals surface area contributed by atoms with Crippen molar-refractivity contribution < 1.29 is 9.18 Å². The summed E-state index contributed by atoms with van der Waals surface area (Å²) in [6.45, 7) is 2.85. The first-order valence-electron chi connectivity index (χ1n) is 6.64. The molecule has 1 unspecified atom stereocenters. The number of halogens is 1. The van der Waals surface area contributed by atoms with Gasteiger partial charge in [0, 0.05) is 13.6 Å². The molecule has 0 spiro atoms. The molecule has 0 saturated heterocycles. The van der Waals surface area contributed by atoms with E-state index in [2.05, 4.69) is 6.92 Å². The van der Waals surface area contributed by atoms with E-state index in [9.17, 15) is 9.18 Å². The van der Waals surface area contributed by atoms with Crippen LogP contribution in [-0.2, 0) is 4.79 Å². The predicted molar refractivity (Wildman–Crippen MR) is 75.4 cm³/mol. The summed E-state index contributed by atoms with van der Waals surface area (Å²) in [6.07, 6.45) is 2.05. The molecule has 1 rings (SSSR count). The molecule has 1 aromatic carbocycles. The van der Waals surface area contributed by atoms with Gasteiger partial charge in [-0.25, -0.2) is 4.39 Å². The summed E-state index contributed by atoms with van der Waals surface area (Å²) in [7, 11) is 5.54. The maximum absolute atomic E-state index is 13.0. The lowest BCUT2D eigenvalue weighted by Crippen LogP contribution is -2.38. The smallest absolute Gasteiger partial charge is 0.244 e. The molecule has 0 heterocycles. The molecule has 0 aliphatic rings. The fourth-order valence-electron chi connectivity index (χ4n) is 2.02. The first-order valence-corrected chi connectivity index (χ1v) is 6.64. The number of carbonyl (C=O) groups excluding carboxylic acids is 1. The third kappa shape index (κ3) is 4.31. The quantitative estimate of drug-likeness (QED) is 0.790. The van der Waals surface area contributed by atoms with Crippen LogP contribution < -0.4 is 0 Å². The van der Waals surface area contributed by atoms with Crippen LogP contribution in [0.15, 0.2) is 24.3 Å². The Labute approximate surface area is 115 Å². The van der Waals surface area contributed by atoms with Crippen molar-refractivity contribution in [3.8, 4) is 0 Å². The normalized spacial score (nSPS) is 12.5. The van der Waals surface area contributed by atoms with Gasteiger partial charge in [-0.05, 0) is 38.2 Å². The van der Waals surface area contributed by atoms with Gasteiger partial charge >= 0.3 is 0 Å². The molecular formula is C15H23FN2O. The van der Waals surface area contributed by atoms with Crippen molar-refractivity contribution in [2.24, 2.45) is 0 Å². The van der Waals surface area contributed by atoms with E-state index in [1.54, 1.807) is 17.0 Å². The van der Waals surface area contributed by atoms with E-state index in [1.165, 1.54) is 12.1 Å². The van der Waals surface area contributed by atoms with E-state index in [1.807, 2.05) is 26.0 Å². The van der Waals surface area contributed by atoms with Crippen LogP contribution in [0.4, 0.5) is 4.39 Å². The number of benzene rings is 1. The van der Waals surface area contributed by atoms with Crippen LogP contribution in [-0.4, -0.2) is 43.4 Å².